The van der Waals surface area contributed by atoms with Gasteiger partial charge in [-0.25, -0.2) is 9.79 Å². The van der Waals surface area contributed by atoms with Gasteiger partial charge in [0, 0.05) is 18.8 Å². The number of carbonyl (C=O) groups is 1. The van der Waals surface area contributed by atoms with E-state index in [1.165, 1.54) is 0 Å². The second-order valence-corrected chi connectivity index (χ2v) is 8.66. The molecule has 0 aliphatic carbocycles. The van der Waals surface area contributed by atoms with Crippen molar-refractivity contribution in [2.75, 3.05) is 6.61 Å². The minimum atomic E-state index is -0.418. The van der Waals surface area contributed by atoms with Crippen LogP contribution in [0.2, 0.25) is 0 Å². The maximum absolute atomic E-state index is 12.6. The van der Waals surface area contributed by atoms with Crippen LogP contribution >= 0.6 is 11.6 Å². The Kier molecular flexibility index (Phi) is 10.8. The van der Waals surface area contributed by atoms with Crippen molar-refractivity contribution < 1.29 is 60.9 Å². The van der Waals surface area contributed by atoms with Crippen LogP contribution < -0.4 is 56.5 Å². The average Bonchev–Trinajstić information content (AvgIpc) is 3.40. The standard InChI is InChI=1S/C26H28ClN6O2.K/c1-4-6-11-22-28-24(27)23(26(34)35-5-2)17(3)33(22)16-18-12-14-19(15-13-18)20-9-7-8-10-21(20)25-29-31-32-30-25;/h7-10,12-15,17H,4-6,11,16H2,1-3H3;/q-1;+1. The van der Waals surface area contributed by atoms with Gasteiger partial charge in [0.15, 0.2) is 0 Å². The summed E-state index contributed by atoms with van der Waals surface area (Å²) in [7, 11) is 0. The van der Waals surface area contributed by atoms with Gasteiger partial charge in [0.1, 0.15) is 11.0 Å². The number of aliphatic imine (C=N–C) groups is 1. The van der Waals surface area contributed by atoms with Crippen LogP contribution in [0.15, 0.2) is 64.3 Å². The molecule has 0 N–H and O–H groups in total. The molecule has 36 heavy (non-hydrogen) atoms. The SMILES string of the molecule is CCCCC1=NC(Cl)=C(C(=O)OCC)C(C)N1Cc1ccc(-c2ccccc2-c2nnn[n-]2)cc1.[K+]. The molecule has 0 fully saturated rings. The molecule has 10 heteroatoms. The number of carbonyl (C=O) groups excluding carboxylic acids is 1. The first-order valence-corrected chi connectivity index (χ1v) is 12.2. The van der Waals surface area contributed by atoms with Gasteiger partial charge in [-0.3, -0.25) is 10.3 Å². The maximum Gasteiger partial charge on any atom is 1.00 e. The molecule has 4 rings (SSSR count). The predicted octanol–water partition coefficient (Wildman–Crippen LogP) is 1.97. The average molecular weight is 531 g/mol. The van der Waals surface area contributed by atoms with Crippen LogP contribution in [0.5, 0.6) is 0 Å². The molecule has 182 valence electrons. The first-order chi connectivity index (χ1) is 17.0. The van der Waals surface area contributed by atoms with Crippen LogP contribution in [0.1, 0.15) is 45.6 Å². The zero-order valence-corrected chi connectivity index (χ0v) is 25.0. The molecule has 0 radical (unpaired) electrons. The number of hydrogen-bond acceptors (Lipinski definition) is 7. The Balaban J connectivity index is 0.00000361. The number of ether oxygens (including phenoxy) is 1. The van der Waals surface area contributed by atoms with Gasteiger partial charge in [-0.1, -0.05) is 73.5 Å². The molecule has 0 spiro atoms. The quantitative estimate of drug-likeness (QED) is 0.237. The summed E-state index contributed by atoms with van der Waals surface area (Å²) in [5, 5.41) is 15.5. The van der Waals surface area contributed by atoms with E-state index in [0.29, 0.717) is 17.9 Å². The molecule has 1 aliphatic heterocycles. The fourth-order valence-corrected chi connectivity index (χ4v) is 4.52. The molecule has 1 atom stereocenters. The molecule has 2 heterocycles. The van der Waals surface area contributed by atoms with Gasteiger partial charge >= 0.3 is 57.4 Å². The second kappa shape index (κ2) is 13.6. The van der Waals surface area contributed by atoms with Crippen LogP contribution in [0.25, 0.3) is 22.5 Å². The molecule has 3 aromatic rings. The van der Waals surface area contributed by atoms with E-state index in [-0.39, 0.29) is 69.2 Å². The molecular weight excluding hydrogens is 503 g/mol. The molecule has 1 unspecified atom stereocenters. The number of hydrogen-bond donors (Lipinski definition) is 0. The van der Waals surface area contributed by atoms with Crippen LogP contribution in [-0.2, 0) is 16.1 Å². The third-order valence-electron chi connectivity index (χ3n) is 6.02. The maximum atomic E-state index is 12.6. The Morgan fingerprint density at radius 3 is 2.47 bits per heavy atom. The Bertz CT molecular complexity index is 1230. The van der Waals surface area contributed by atoms with E-state index in [9.17, 15) is 4.79 Å². The summed E-state index contributed by atoms with van der Waals surface area (Å²) in [5.74, 6) is 0.970. The van der Waals surface area contributed by atoms with Gasteiger partial charge in [-0.2, -0.15) is 5.21 Å². The van der Waals surface area contributed by atoms with Gasteiger partial charge in [-0.15, -0.1) is 0 Å². The van der Waals surface area contributed by atoms with Crippen molar-refractivity contribution in [3.63, 3.8) is 0 Å². The fraction of sp³-hybridized carbons (Fsp3) is 0.346. The molecule has 0 saturated carbocycles. The molecular formula is C26H28ClKN6O2. The summed E-state index contributed by atoms with van der Waals surface area (Å²) in [6, 6.07) is 16.0. The summed E-state index contributed by atoms with van der Waals surface area (Å²) in [6.45, 7) is 6.78. The first kappa shape index (κ1) is 28.7. The van der Waals surface area contributed by atoms with Crippen LogP contribution in [0.4, 0.5) is 0 Å². The molecule has 8 nitrogen and oxygen atoms in total. The number of unbranched alkanes of at least 4 members (excludes halogenated alkanes) is 1. The topological polar surface area (TPSA) is 94.7 Å². The van der Waals surface area contributed by atoms with E-state index in [2.05, 4.69) is 61.7 Å². The van der Waals surface area contributed by atoms with Gasteiger partial charge in [0.05, 0.1) is 18.2 Å². The smallest absolute Gasteiger partial charge is 0.462 e. The number of aromatic nitrogens is 4. The van der Waals surface area contributed by atoms with Crippen molar-refractivity contribution in [1.82, 2.24) is 25.5 Å². The van der Waals surface area contributed by atoms with E-state index in [1.807, 2.05) is 31.2 Å². The van der Waals surface area contributed by atoms with Gasteiger partial charge < -0.3 is 14.7 Å². The summed E-state index contributed by atoms with van der Waals surface area (Å²) in [6.07, 6.45) is 2.82. The zero-order chi connectivity index (χ0) is 24.8. The predicted molar refractivity (Wildman–Crippen MR) is 135 cm³/mol. The second-order valence-electron chi connectivity index (χ2n) is 8.31. The number of esters is 1. The number of amidine groups is 1. The number of benzene rings is 2. The normalized spacial score (nSPS) is 15.4. The Labute approximate surface area is 259 Å². The third kappa shape index (κ3) is 6.51. The number of nitrogens with zero attached hydrogens (tertiary/aromatic N) is 6. The van der Waals surface area contributed by atoms with Crippen molar-refractivity contribution in [2.24, 2.45) is 4.99 Å². The van der Waals surface area contributed by atoms with E-state index in [1.54, 1.807) is 6.92 Å². The molecule has 0 bridgehead atoms. The van der Waals surface area contributed by atoms with Gasteiger partial charge in [-0.05, 0) is 42.5 Å². The van der Waals surface area contributed by atoms with E-state index in [4.69, 9.17) is 16.3 Å². The van der Waals surface area contributed by atoms with Crippen LogP contribution in [-0.4, -0.2) is 44.9 Å². The summed E-state index contributed by atoms with van der Waals surface area (Å²) in [4.78, 5) is 19.3. The van der Waals surface area contributed by atoms with Crippen LogP contribution in [0, 0.1) is 0 Å². The number of rotatable bonds is 9. The third-order valence-corrected chi connectivity index (χ3v) is 6.31. The van der Waals surface area contributed by atoms with E-state index < -0.39 is 5.97 Å². The molecule has 2 aromatic carbocycles. The summed E-state index contributed by atoms with van der Waals surface area (Å²) >= 11 is 6.44. The Morgan fingerprint density at radius 2 is 1.83 bits per heavy atom. The van der Waals surface area contributed by atoms with Crippen molar-refractivity contribution in [3.8, 4) is 22.5 Å². The Morgan fingerprint density at radius 1 is 1.11 bits per heavy atom. The monoisotopic (exact) mass is 530 g/mol. The fourth-order valence-electron chi connectivity index (χ4n) is 4.18. The Hall–Kier alpha value is -1.88. The van der Waals surface area contributed by atoms with E-state index in [0.717, 1.165) is 47.4 Å². The van der Waals surface area contributed by atoms with Gasteiger partial charge in [0.25, 0.3) is 0 Å². The largest absolute Gasteiger partial charge is 1.00 e. The van der Waals surface area contributed by atoms with Crippen molar-refractivity contribution in [3.05, 3.63) is 64.8 Å². The van der Waals surface area contributed by atoms with Crippen molar-refractivity contribution >= 4 is 23.4 Å². The molecule has 0 saturated heterocycles. The number of halogens is 1. The van der Waals surface area contributed by atoms with Crippen molar-refractivity contribution in [2.45, 2.75) is 52.6 Å². The minimum Gasteiger partial charge on any atom is -0.462 e. The molecule has 0 amide bonds. The van der Waals surface area contributed by atoms with Crippen molar-refractivity contribution in [1.29, 1.82) is 0 Å². The number of tetrazole rings is 1. The zero-order valence-electron chi connectivity index (χ0n) is 21.1. The van der Waals surface area contributed by atoms with E-state index >= 15 is 0 Å². The summed E-state index contributed by atoms with van der Waals surface area (Å²) < 4.78 is 5.25. The van der Waals surface area contributed by atoms with Gasteiger partial charge in [0.2, 0.25) is 0 Å². The van der Waals surface area contributed by atoms with Crippen LogP contribution in [0.3, 0.4) is 0 Å². The molecule has 1 aliphatic rings. The first-order valence-electron chi connectivity index (χ1n) is 11.8. The molecule has 1 aromatic heterocycles. The summed E-state index contributed by atoms with van der Waals surface area (Å²) in [5.41, 5.74) is 4.41. The minimum absolute atomic E-state index is 0.